The van der Waals surface area contributed by atoms with E-state index in [1.807, 2.05) is 0 Å². The van der Waals surface area contributed by atoms with Crippen molar-refractivity contribution in [1.29, 1.82) is 0 Å². The zero-order valence-electron chi connectivity index (χ0n) is 15.0. The molecule has 27 heavy (non-hydrogen) atoms. The van der Waals surface area contributed by atoms with Crippen molar-refractivity contribution in [1.82, 2.24) is 0 Å². The van der Waals surface area contributed by atoms with Gasteiger partial charge in [-0.15, -0.1) is 0 Å². The van der Waals surface area contributed by atoms with Crippen LogP contribution in [0.15, 0.2) is 48.5 Å². The molecule has 0 spiro atoms. The molecule has 2 rings (SSSR count). The first kappa shape index (κ1) is 20.6. The van der Waals surface area contributed by atoms with E-state index in [2.05, 4.69) is 0 Å². The van der Waals surface area contributed by atoms with Gasteiger partial charge < -0.3 is 26.4 Å². The number of Topliss-reactive ketones (excluding diaryl/α,β-unsaturated/α-hetero) is 2. The first-order valence-corrected chi connectivity index (χ1v) is 8.53. The lowest BCUT2D eigenvalue weighted by atomic mass is 9.86. The van der Waals surface area contributed by atoms with Gasteiger partial charge in [-0.3, -0.25) is 9.59 Å². The van der Waals surface area contributed by atoms with Gasteiger partial charge in [0.25, 0.3) is 0 Å². The summed E-state index contributed by atoms with van der Waals surface area (Å²) >= 11 is 0. The average molecular weight is 372 g/mol. The maximum atomic E-state index is 12.9. The van der Waals surface area contributed by atoms with Crippen molar-refractivity contribution in [2.24, 2.45) is 5.92 Å². The Hall–Kier alpha value is -2.74. The number of hydrogen-bond acceptors (Lipinski definition) is 7. The molecule has 0 aromatic heterocycles. The minimum absolute atomic E-state index is 0.241. The molecule has 0 radical (unpaired) electrons. The molecule has 0 amide bonds. The van der Waals surface area contributed by atoms with Gasteiger partial charge in [0.05, 0.1) is 25.4 Å². The van der Waals surface area contributed by atoms with Crippen molar-refractivity contribution in [3.8, 4) is 0 Å². The van der Waals surface area contributed by atoms with Gasteiger partial charge in [-0.25, -0.2) is 0 Å². The fourth-order valence-corrected chi connectivity index (χ4v) is 2.53. The Morgan fingerprint density at radius 1 is 0.926 bits per heavy atom. The highest BCUT2D eigenvalue weighted by Crippen LogP contribution is 2.21. The van der Waals surface area contributed by atoms with Crippen LogP contribution < -0.4 is 11.5 Å². The van der Waals surface area contributed by atoms with Crippen molar-refractivity contribution >= 4 is 22.9 Å². The minimum atomic E-state index is -1.38. The number of anilines is 2. The number of benzene rings is 2. The van der Waals surface area contributed by atoms with E-state index in [4.69, 9.17) is 21.3 Å². The molecule has 144 valence electrons. The summed E-state index contributed by atoms with van der Waals surface area (Å²) in [6.07, 6.45) is -1.91. The summed E-state index contributed by atoms with van der Waals surface area (Å²) in [7, 11) is 0. The molecule has 6 N–H and O–H groups in total. The first-order valence-electron chi connectivity index (χ1n) is 8.53. The predicted molar refractivity (Wildman–Crippen MR) is 102 cm³/mol. The van der Waals surface area contributed by atoms with E-state index in [-0.39, 0.29) is 24.3 Å². The van der Waals surface area contributed by atoms with Gasteiger partial charge in [0.15, 0.2) is 11.6 Å². The summed E-state index contributed by atoms with van der Waals surface area (Å²) in [4.78, 5) is 25.9. The van der Waals surface area contributed by atoms with Gasteiger partial charge in [0, 0.05) is 22.5 Å². The highest BCUT2D eigenvalue weighted by Gasteiger charge is 2.35. The molecule has 2 unspecified atom stereocenters. The van der Waals surface area contributed by atoms with Crippen molar-refractivity contribution < 1.29 is 24.5 Å². The van der Waals surface area contributed by atoms with Crippen LogP contribution in [0, 0.1) is 5.92 Å². The molecule has 0 aliphatic heterocycles. The summed E-state index contributed by atoms with van der Waals surface area (Å²) in [6.45, 7) is 1.11. The monoisotopic (exact) mass is 372 g/mol. The third kappa shape index (κ3) is 5.37. The molecule has 0 aliphatic carbocycles. The quantitative estimate of drug-likeness (QED) is 0.296. The number of ether oxygens (including phenoxy) is 1. The minimum Gasteiger partial charge on any atom is -0.399 e. The van der Waals surface area contributed by atoms with Crippen molar-refractivity contribution in [3.63, 3.8) is 0 Å². The molecule has 2 atom stereocenters. The van der Waals surface area contributed by atoms with E-state index in [0.29, 0.717) is 11.4 Å². The smallest absolute Gasteiger partial charge is 0.176 e. The molecule has 0 bridgehead atoms. The molecule has 2 aromatic carbocycles. The van der Waals surface area contributed by atoms with E-state index >= 15 is 0 Å². The third-order valence-electron chi connectivity index (χ3n) is 4.15. The Morgan fingerprint density at radius 2 is 1.33 bits per heavy atom. The lowest BCUT2D eigenvalue weighted by Crippen LogP contribution is -2.39. The topological polar surface area (TPSA) is 136 Å². The molecule has 7 heteroatoms. The molecule has 0 fully saturated rings. The third-order valence-corrected chi connectivity index (χ3v) is 4.15. The highest BCUT2D eigenvalue weighted by atomic mass is 16.5. The van der Waals surface area contributed by atoms with Gasteiger partial charge in [0.2, 0.25) is 0 Å². The molecular formula is C20H24N2O5. The number of carbonyl (C=O) groups excluding carboxylic acids is 2. The Labute approximate surface area is 157 Å². The SMILES string of the molecule is CC(CO)OCC(O)C(C(=O)c1ccc(N)cc1)C(=O)c1ccc(N)cc1. The maximum absolute atomic E-state index is 12.9. The van der Waals surface area contributed by atoms with E-state index in [9.17, 15) is 14.7 Å². The number of aliphatic hydroxyl groups excluding tert-OH is 2. The van der Waals surface area contributed by atoms with Crippen LogP contribution in [0.3, 0.4) is 0 Å². The highest BCUT2D eigenvalue weighted by molar-refractivity contribution is 6.16. The van der Waals surface area contributed by atoms with E-state index < -0.39 is 29.7 Å². The predicted octanol–water partition coefficient (Wildman–Crippen LogP) is 1.29. The van der Waals surface area contributed by atoms with Crippen LogP contribution in [0.4, 0.5) is 11.4 Å². The van der Waals surface area contributed by atoms with Crippen LogP contribution >= 0.6 is 0 Å². The summed E-state index contributed by atoms with van der Waals surface area (Å²) in [5.41, 5.74) is 12.8. The Balaban J connectivity index is 2.31. The molecular weight excluding hydrogens is 348 g/mol. The summed E-state index contributed by atoms with van der Waals surface area (Å²) in [5.74, 6) is -2.43. The van der Waals surface area contributed by atoms with Crippen LogP contribution in [0.2, 0.25) is 0 Å². The number of nitrogen functional groups attached to an aromatic ring is 2. The molecule has 0 saturated heterocycles. The van der Waals surface area contributed by atoms with Crippen molar-refractivity contribution in [2.45, 2.75) is 19.1 Å². The van der Waals surface area contributed by atoms with Crippen LogP contribution in [-0.4, -0.2) is 47.2 Å². The van der Waals surface area contributed by atoms with Gasteiger partial charge in [0.1, 0.15) is 5.92 Å². The maximum Gasteiger partial charge on any atom is 0.176 e. The fourth-order valence-electron chi connectivity index (χ4n) is 2.53. The van der Waals surface area contributed by atoms with Gasteiger partial charge >= 0.3 is 0 Å². The largest absolute Gasteiger partial charge is 0.399 e. The van der Waals surface area contributed by atoms with Crippen LogP contribution in [-0.2, 0) is 4.74 Å². The van der Waals surface area contributed by atoms with Gasteiger partial charge in [-0.2, -0.15) is 0 Å². The summed E-state index contributed by atoms with van der Waals surface area (Å²) < 4.78 is 5.30. The zero-order valence-corrected chi connectivity index (χ0v) is 15.0. The van der Waals surface area contributed by atoms with Crippen LogP contribution in [0.5, 0.6) is 0 Å². The first-order chi connectivity index (χ1) is 12.8. The molecule has 0 aliphatic rings. The number of ketones is 2. The lowest BCUT2D eigenvalue weighted by Gasteiger charge is -2.22. The van der Waals surface area contributed by atoms with Crippen LogP contribution in [0.1, 0.15) is 27.6 Å². The summed E-state index contributed by atoms with van der Waals surface area (Å²) in [5, 5.41) is 19.6. The number of rotatable bonds is 9. The Bertz CT molecular complexity index is 716. The number of carbonyl (C=O) groups is 2. The van der Waals surface area contributed by atoms with E-state index in [0.717, 1.165) is 0 Å². The van der Waals surface area contributed by atoms with Crippen LogP contribution in [0.25, 0.3) is 0 Å². The Morgan fingerprint density at radius 3 is 1.70 bits per heavy atom. The molecule has 7 nitrogen and oxygen atoms in total. The van der Waals surface area contributed by atoms with Gasteiger partial charge in [-0.1, -0.05) is 0 Å². The average Bonchev–Trinajstić information content (AvgIpc) is 2.67. The van der Waals surface area contributed by atoms with Crippen molar-refractivity contribution in [3.05, 3.63) is 59.7 Å². The molecule has 2 aromatic rings. The second-order valence-corrected chi connectivity index (χ2v) is 6.34. The molecule has 0 saturated carbocycles. The molecule has 0 heterocycles. The van der Waals surface area contributed by atoms with Crippen molar-refractivity contribution in [2.75, 3.05) is 24.7 Å². The normalized spacial score (nSPS) is 13.3. The second kappa shape index (κ2) is 9.27. The number of aliphatic hydroxyl groups is 2. The number of nitrogens with two attached hydrogens (primary N) is 2. The lowest BCUT2D eigenvalue weighted by molar-refractivity contribution is -0.0341. The van der Waals surface area contributed by atoms with E-state index in [1.54, 1.807) is 31.2 Å². The zero-order chi connectivity index (χ0) is 20.0. The summed E-state index contributed by atoms with van der Waals surface area (Å²) in [6, 6.07) is 12.2. The van der Waals surface area contributed by atoms with Gasteiger partial charge in [-0.05, 0) is 55.5 Å². The number of hydrogen-bond donors (Lipinski definition) is 4. The Kier molecular flexibility index (Phi) is 7.06. The second-order valence-electron chi connectivity index (χ2n) is 6.34. The van der Waals surface area contributed by atoms with E-state index in [1.165, 1.54) is 24.3 Å². The standard InChI is InChI=1S/C20H24N2O5/c1-12(10-23)27-11-17(24)18(19(25)13-2-6-15(21)7-3-13)20(26)14-4-8-16(22)9-5-14/h2-9,12,17-18,23-24H,10-11,21-22H2,1H3. The fraction of sp³-hybridized carbons (Fsp3) is 0.300.